The minimum absolute atomic E-state index is 0.0989. The number of aryl methyl sites for hydroxylation is 1. The van der Waals surface area contributed by atoms with E-state index >= 15 is 0 Å². The molecular weight excluding hydrogens is 540 g/mol. The van der Waals surface area contributed by atoms with E-state index in [1.807, 2.05) is 32.9 Å². The smallest absolute Gasteiger partial charge is 0.344 e. The molecule has 0 atom stereocenters. The summed E-state index contributed by atoms with van der Waals surface area (Å²) in [6.45, 7) is 8.89. The Hall–Kier alpha value is -5.06. The molecule has 1 aromatic heterocycles. The van der Waals surface area contributed by atoms with E-state index in [1.165, 1.54) is 29.1 Å². The summed E-state index contributed by atoms with van der Waals surface area (Å²) >= 11 is 0. The summed E-state index contributed by atoms with van der Waals surface area (Å²) in [5.41, 5.74) is 2.55. The van der Waals surface area contributed by atoms with E-state index in [4.69, 9.17) is 19.2 Å². The van der Waals surface area contributed by atoms with Gasteiger partial charge in [0.25, 0.3) is 5.56 Å². The third-order valence-corrected chi connectivity index (χ3v) is 6.41. The second kappa shape index (κ2) is 12.6. The van der Waals surface area contributed by atoms with Crippen LogP contribution in [0.25, 0.3) is 22.3 Å². The second-order valence-corrected chi connectivity index (χ2v) is 10.2. The zero-order chi connectivity index (χ0) is 30.6. The SMILES string of the molecule is COc1cc(C)c(-c2nc3ccccc3c(=O)n2N=Cc2ccc(OCC(=O)OC(C)C)c([N+](=O)[O-])c2)cc1C(C)C. The van der Waals surface area contributed by atoms with Crippen LogP contribution in [-0.4, -0.2) is 46.6 Å². The third kappa shape index (κ3) is 6.46. The van der Waals surface area contributed by atoms with Gasteiger partial charge in [-0.05, 0) is 74.2 Å². The Kier molecular flexibility index (Phi) is 8.99. The first-order chi connectivity index (χ1) is 20.0. The van der Waals surface area contributed by atoms with Crippen LogP contribution in [0, 0.1) is 17.0 Å². The molecule has 0 fully saturated rings. The molecule has 11 nitrogen and oxygen atoms in total. The van der Waals surface area contributed by atoms with Gasteiger partial charge in [0.05, 0.1) is 35.3 Å². The first kappa shape index (κ1) is 29.9. The molecule has 0 bridgehead atoms. The van der Waals surface area contributed by atoms with Crippen molar-refractivity contribution in [3.05, 3.63) is 91.8 Å². The molecule has 4 rings (SSSR count). The van der Waals surface area contributed by atoms with Gasteiger partial charge in [-0.3, -0.25) is 14.9 Å². The maximum absolute atomic E-state index is 13.7. The molecule has 0 aliphatic rings. The van der Waals surface area contributed by atoms with Crippen LogP contribution in [0.15, 0.2) is 64.5 Å². The molecule has 0 spiro atoms. The van der Waals surface area contributed by atoms with Gasteiger partial charge in [0.1, 0.15) is 5.75 Å². The zero-order valence-electron chi connectivity index (χ0n) is 24.3. The van der Waals surface area contributed by atoms with E-state index in [0.717, 1.165) is 16.9 Å². The average molecular weight is 573 g/mol. The van der Waals surface area contributed by atoms with Gasteiger partial charge in [-0.25, -0.2) is 9.78 Å². The number of nitrogens with zero attached hydrogens (tertiary/aromatic N) is 4. The molecule has 0 saturated carbocycles. The second-order valence-electron chi connectivity index (χ2n) is 10.2. The third-order valence-electron chi connectivity index (χ3n) is 6.41. The lowest BCUT2D eigenvalue weighted by atomic mass is 9.96. The molecule has 42 heavy (non-hydrogen) atoms. The van der Waals surface area contributed by atoms with Crippen molar-refractivity contribution in [1.82, 2.24) is 9.66 Å². The highest BCUT2D eigenvalue weighted by Gasteiger charge is 2.20. The molecule has 0 saturated heterocycles. The van der Waals surface area contributed by atoms with Crippen molar-refractivity contribution >= 4 is 28.8 Å². The monoisotopic (exact) mass is 572 g/mol. The maximum atomic E-state index is 13.7. The largest absolute Gasteiger partial charge is 0.496 e. The highest BCUT2D eigenvalue weighted by Crippen LogP contribution is 2.34. The summed E-state index contributed by atoms with van der Waals surface area (Å²) in [5, 5.41) is 16.6. The fourth-order valence-electron chi connectivity index (χ4n) is 4.41. The number of fused-ring (bicyclic) bond motifs is 1. The molecule has 218 valence electrons. The summed E-state index contributed by atoms with van der Waals surface area (Å²) in [7, 11) is 1.61. The normalized spacial score (nSPS) is 11.4. The molecule has 0 aliphatic carbocycles. The zero-order valence-corrected chi connectivity index (χ0v) is 24.3. The number of nitro groups is 1. The molecule has 0 amide bonds. The number of hydrogen-bond acceptors (Lipinski definition) is 9. The number of carbonyl (C=O) groups is 1. The number of aromatic nitrogens is 2. The van der Waals surface area contributed by atoms with Crippen LogP contribution >= 0.6 is 0 Å². The summed E-state index contributed by atoms with van der Waals surface area (Å²) in [6, 6.07) is 15.0. The van der Waals surface area contributed by atoms with Crippen molar-refractivity contribution in [2.24, 2.45) is 5.10 Å². The van der Waals surface area contributed by atoms with Gasteiger partial charge in [-0.1, -0.05) is 26.0 Å². The number of benzene rings is 3. The molecule has 11 heteroatoms. The van der Waals surface area contributed by atoms with Gasteiger partial charge in [-0.15, -0.1) is 0 Å². The first-order valence-corrected chi connectivity index (χ1v) is 13.4. The number of para-hydroxylation sites is 1. The standard InChI is InChI=1S/C31H32N4O7/c1-18(2)23-15-24(20(5)13-28(23)40-6)30-33-25-10-8-7-9-22(25)31(37)34(30)32-16-21-11-12-27(26(14-21)35(38)39)41-17-29(36)42-19(3)4/h7-16,18-19H,17H2,1-6H3. The van der Waals surface area contributed by atoms with E-state index < -0.39 is 23.1 Å². The van der Waals surface area contributed by atoms with Crippen molar-refractivity contribution in [3.63, 3.8) is 0 Å². The number of esters is 1. The van der Waals surface area contributed by atoms with Crippen LogP contribution in [0.3, 0.4) is 0 Å². The van der Waals surface area contributed by atoms with Crippen molar-refractivity contribution in [1.29, 1.82) is 0 Å². The number of nitro benzene ring substituents is 1. The maximum Gasteiger partial charge on any atom is 0.344 e. The first-order valence-electron chi connectivity index (χ1n) is 13.4. The van der Waals surface area contributed by atoms with Gasteiger partial charge in [0, 0.05) is 17.2 Å². The van der Waals surface area contributed by atoms with Gasteiger partial charge in [-0.2, -0.15) is 9.78 Å². The predicted molar refractivity (Wildman–Crippen MR) is 160 cm³/mol. The Labute approximate surface area is 242 Å². The molecule has 4 aromatic rings. The Morgan fingerprint density at radius 3 is 2.50 bits per heavy atom. The van der Waals surface area contributed by atoms with Gasteiger partial charge in [0.2, 0.25) is 0 Å². The van der Waals surface area contributed by atoms with Crippen molar-refractivity contribution in [2.75, 3.05) is 13.7 Å². The van der Waals surface area contributed by atoms with Gasteiger partial charge >= 0.3 is 11.7 Å². The van der Waals surface area contributed by atoms with Crippen LogP contribution in [0.5, 0.6) is 11.5 Å². The molecule has 1 heterocycles. The lowest BCUT2D eigenvalue weighted by molar-refractivity contribution is -0.385. The van der Waals surface area contributed by atoms with Crippen LogP contribution < -0.4 is 15.0 Å². The summed E-state index contributed by atoms with van der Waals surface area (Å²) in [6.07, 6.45) is 0.999. The minimum atomic E-state index is -0.643. The fourth-order valence-corrected chi connectivity index (χ4v) is 4.41. The van der Waals surface area contributed by atoms with Crippen LogP contribution in [0.4, 0.5) is 5.69 Å². The fraction of sp³-hybridized carbons (Fsp3) is 0.290. The van der Waals surface area contributed by atoms with Crippen molar-refractivity contribution in [2.45, 2.75) is 46.6 Å². The molecule has 0 N–H and O–H groups in total. The summed E-state index contributed by atoms with van der Waals surface area (Å²) in [5.74, 6) is 0.442. The number of ether oxygens (including phenoxy) is 3. The topological polar surface area (TPSA) is 135 Å². The van der Waals surface area contributed by atoms with E-state index in [2.05, 4.69) is 5.10 Å². The predicted octanol–water partition coefficient (Wildman–Crippen LogP) is 5.62. The number of hydrogen-bond donors (Lipinski definition) is 0. The average Bonchev–Trinajstić information content (AvgIpc) is 2.95. The molecule has 0 unspecified atom stereocenters. The number of methoxy groups -OCH3 is 1. The Morgan fingerprint density at radius 1 is 1.10 bits per heavy atom. The van der Waals surface area contributed by atoms with Crippen LogP contribution in [0.2, 0.25) is 0 Å². The lowest BCUT2D eigenvalue weighted by Crippen LogP contribution is -2.21. The Morgan fingerprint density at radius 2 is 1.83 bits per heavy atom. The molecular formula is C31H32N4O7. The van der Waals surface area contributed by atoms with E-state index in [-0.39, 0.29) is 23.5 Å². The molecule has 3 aromatic carbocycles. The van der Waals surface area contributed by atoms with E-state index in [9.17, 15) is 19.7 Å². The van der Waals surface area contributed by atoms with Gasteiger partial charge < -0.3 is 14.2 Å². The Bertz CT molecular complexity index is 1740. The highest BCUT2D eigenvalue weighted by atomic mass is 16.6. The molecule has 0 aliphatic heterocycles. The summed E-state index contributed by atoms with van der Waals surface area (Å²) in [4.78, 5) is 41.5. The highest BCUT2D eigenvalue weighted by molar-refractivity contribution is 5.83. The Balaban J connectivity index is 1.81. The molecule has 0 radical (unpaired) electrons. The lowest BCUT2D eigenvalue weighted by Gasteiger charge is -2.17. The van der Waals surface area contributed by atoms with Gasteiger partial charge in [0.15, 0.2) is 18.2 Å². The van der Waals surface area contributed by atoms with Crippen molar-refractivity contribution < 1.29 is 23.9 Å². The van der Waals surface area contributed by atoms with Crippen molar-refractivity contribution in [3.8, 4) is 22.9 Å². The summed E-state index contributed by atoms with van der Waals surface area (Å²) < 4.78 is 17.1. The number of carbonyl (C=O) groups excluding carboxylic acids is 1. The van der Waals surface area contributed by atoms with Crippen LogP contribution in [0.1, 0.15) is 50.3 Å². The minimum Gasteiger partial charge on any atom is -0.496 e. The van der Waals surface area contributed by atoms with Crippen LogP contribution in [-0.2, 0) is 9.53 Å². The number of rotatable bonds is 10. The van der Waals surface area contributed by atoms with E-state index in [0.29, 0.717) is 27.9 Å². The van der Waals surface area contributed by atoms with E-state index in [1.54, 1.807) is 45.2 Å². The quantitative estimate of drug-likeness (QED) is 0.103.